The molecule has 1 aliphatic heterocycles. The Kier molecular flexibility index (Phi) is 4.03. The lowest BCUT2D eigenvalue weighted by Gasteiger charge is -2.12. The average Bonchev–Trinajstić information content (AvgIpc) is 3.18. The monoisotopic (exact) mass is 349 g/mol. The van der Waals surface area contributed by atoms with Gasteiger partial charge in [-0.05, 0) is 24.3 Å². The van der Waals surface area contributed by atoms with E-state index in [4.69, 9.17) is 0 Å². The zero-order valence-electron chi connectivity index (χ0n) is 13.3. The number of amides is 2. The van der Waals surface area contributed by atoms with E-state index in [1.807, 2.05) is 35.7 Å². The van der Waals surface area contributed by atoms with E-state index in [1.54, 1.807) is 24.3 Å². The summed E-state index contributed by atoms with van der Waals surface area (Å²) in [4.78, 5) is 30.5. The summed E-state index contributed by atoms with van der Waals surface area (Å²) in [5.74, 6) is -0.447. The third-order valence-corrected chi connectivity index (χ3v) is 4.85. The van der Waals surface area contributed by atoms with Crippen molar-refractivity contribution in [3.05, 3.63) is 76.8 Å². The molecule has 1 N–H and O–H groups in total. The van der Waals surface area contributed by atoms with Gasteiger partial charge in [-0.2, -0.15) is 0 Å². The van der Waals surface area contributed by atoms with Gasteiger partial charge in [-0.3, -0.25) is 14.5 Å². The molecule has 0 saturated heterocycles. The highest BCUT2D eigenvalue weighted by atomic mass is 32.1. The molecule has 2 aromatic carbocycles. The van der Waals surface area contributed by atoms with E-state index in [2.05, 4.69) is 10.3 Å². The molecule has 25 heavy (non-hydrogen) atoms. The number of carbonyl (C=O) groups excluding carboxylic acids is 2. The van der Waals surface area contributed by atoms with E-state index in [0.717, 1.165) is 16.5 Å². The smallest absolute Gasteiger partial charge is 0.261 e. The lowest BCUT2D eigenvalue weighted by Crippen LogP contribution is -2.31. The number of nitrogens with zero attached hydrogens (tertiary/aromatic N) is 2. The Bertz CT molecular complexity index is 902. The van der Waals surface area contributed by atoms with Gasteiger partial charge in [0.05, 0.1) is 16.8 Å². The average molecular weight is 349 g/mol. The van der Waals surface area contributed by atoms with Gasteiger partial charge in [-0.25, -0.2) is 4.98 Å². The minimum atomic E-state index is -0.224. The highest BCUT2D eigenvalue weighted by Gasteiger charge is 2.34. The van der Waals surface area contributed by atoms with Crippen molar-refractivity contribution in [3.63, 3.8) is 0 Å². The molecule has 2 amide bonds. The fraction of sp³-hybridized carbons (Fsp3) is 0.105. The second-order valence-corrected chi connectivity index (χ2v) is 6.55. The number of para-hydroxylation sites is 1. The molecule has 0 aliphatic carbocycles. The van der Waals surface area contributed by atoms with Gasteiger partial charge in [0.15, 0.2) is 5.13 Å². The van der Waals surface area contributed by atoms with Crippen LogP contribution in [0.25, 0.3) is 0 Å². The molecule has 0 saturated carbocycles. The van der Waals surface area contributed by atoms with Crippen LogP contribution < -0.4 is 5.32 Å². The fourth-order valence-electron chi connectivity index (χ4n) is 2.79. The zero-order chi connectivity index (χ0) is 17.2. The molecular formula is C19H15N3O2S. The van der Waals surface area contributed by atoms with Crippen molar-refractivity contribution in [2.45, 2.75) is 6.42 Å². The minimum absolute atomic E-state index is 0.224. The van der Waals surface area contributed by atoms with Gasteiger partial charge in [0.1, 0.15) is 0 Å². The summed E-state index contributed by atoms with van der Waals surface area (Å²) >= 11 is 1.51. The predicted octanol–water partition coefficient (Wildman–Crippen LogP) is 3.73. The number of fused-ring (bicyclic) bond motifs is 1. The van der Waals surface area contributed by atoms with Crippen molar-refractivity contribution < 1.29 is 9.59 Å². The van der Waals surface area contributed by atoms with Crippen LogP contribution >= 0.6 is 11.3 Å². The summed E-state index contributed by atoms with van der Waals surface area (Å²) in [6.45, 7) is 0.334. The third kappa shape index (κ3) is 3.04. The van der Waals surface area contributed by atoms with E-state index in [9.17, 15) is 9.59 Å². The number of carbonyl (C=O) groups is 2. The van der Waals surface area contributed by atoms with Crippen LogP contribution in [0.5, 0.6) is 0 Å². The highest BCUT2D eigenvalue weighted by Crippen LogP contribution is 2.24. The molecule has 0 unspecified atom stereocenters. The molecule has 3 aromatic rings. The van der Waals surface area contributed by atoms with E-state index in [0.29, 0.717) is 24.1 Å². The van der Waals surface area contributed by atoms with Crippen molar-refractivity contribution in [3.8, 4) is 0 Å². The molecule has 0 radical (unpaired) electrons. The fourth-order valence-corrected chi connectivity index (χ4v) is 3.56. The Hall–Kier alpha value is -2.99. The Balaban J connectivity index is 1.41. The number of rotatable bonds is 5. The number of hydrogen-bond donors (Lipinski definition) is 1. The standard InChI is InChI=1S/C19H15N3O2S/c23-17-15-8-4-5-9-16(15)18(24)22(17)11-10-14-12-25-19(21-14)20-13-6-2-1-3-7-13/h1-9,12H,10-11H2,(H,20,21). The van der Waals surface area contributed by atoms with E-state index < -0.39 is 0 Å². The molecule has 6 heteroatoms. The van der Waals surface area contributed by atoms with Crippen molar-refractivity contribution in [2.75, 3.05) is 11.9 Å². The molecule has 0 atom stereocenters. The molecule has 4 rings (SSSR count). The number of aromatic nitrogens is 1. The quantitative estimate of drug-likeness (QED) is 0.713. The summed E-state index contributed by atoms with van der Waals surface area (Å²) in [5.41, 5.74) is 2.80. The molecule has 0 bridgehead atoms. The van der Waals surface area contributed by atoms with Crippen LogP contribution in [0.2, 0.25) is 0 Å². The molecular weight excluding hydrogens is 334 g/mol. The molecule has 0 fully saturated rings. The molecule has 1 aliphatic rings. The van der Waals surface area contributed by atoms with Crippen LogP contribution in [-0.4, -0.2) is 28.2 Å². The maximum atomic E-state index is 12.3. The Labute approximate surface area is 148 Å². The van der Waals surface area contributed by atoms with Crippen molar-refractivity contribution in [1.82, 2.24) is 9.88 Å². The third-order valence-electron chi connectivity index (χ3n) is 4.05. The normalized spacial score (nSPS) is 13.2. The molecule has 1 aromatic heterocycles. The Morgan fingerprint density at radius 2 is 1.56 bits per heavy atom. The number of nitrogens with one attached hydrogen (secondary N) is 1. The van der Waals surface area contributed by atoms with E-state index in [1.165, 1.54) is 16.2 Å². The molecule has 0 spiro atoms. The largest absolute Gasteiger partial charge is 0.332 e. The number of hydrogen-bond acceptors (Lipinski definition) is 5. The highest BCUT2D eigenvalue weighted by molar-refractivity contribution is 7.13. The second-order valence-electron chi connectivity index (χ2n) is 5.69. The van der Waals surface area contributed by atoms with Gasteiger partial charge in [-0.15, -0.1) is 11.3 Å². The minimum Gasteiger partial charge on any atom is -0.332 e. The van der Waals surface area contributed by atoms with Gasteiger partial charge in [0.25, 0.3) is 11.8 Å². The van der Waals surface area contributed by atoms with Crippen molar-refractivity contribution >= 4 is 34.0 Å². The SMILES string of the molecule is O=C1c2ccccc2C(=O)N1CCc1csc(Nc2ccccc2)n1. The summed E-state index contributed by atoms with van der Waals surface area (Å²) in [7, 11) is 0. The topological polar surface area (TPSA) is 62.3 Å². The first kappa shape index (κ1) is 15.5. The first-order valence-electron chi connectivity index (χ1n) is 7.94. The van der Waals surface area contributed by atoms with Gasteiger partial charge in [0, 0.05) is 24.0 Å². The van der Waals surface area contributed by atoms with Crippen LogP contribution in [0.3, 0.4) is 0 Å². The number of anilines is 2. The summed E-state index contributed by atoms with van der Waals surface area (Å²) in [6, 6.07) is 16.8. The van der Waals surface area contributed by atoms with Crippen LogP contribution in [0.1, 0.15) is 26.4 Å². The van der Waals surface area contributed by atoms with Crippen LogP contribution in [-0.2, 0) is 6.42 Å². The van der Waals surface area contributed by atoms with Crippen molar-refractivity contribution in [2.24, 2.45) is 0 Å². The van der Waals surface area contributed by atoms with Crippen LogP contribution in [0.4, 0.5) is 10.8 Å². The van der Waals surface area contributed by atoms with Gasteiger partial charge < -0.3 is 5.32 Å². The van der Waals surface area contributed by atoms with Crippen molar-refractivity contribution in [1.29, 1.82) is 0 Å². The summed E-state index contributed by atoms with van der Waals surface area (Å²) < 4.78 is 0. The van der Waals surface area contributed by atoms with E-state index >= 15 is 0 Å². The zero-order valence-corrected chi connectivity index (χ0v) is 14.1. The summed E-state index contributed by atoms with van der Waals surface area (Å²) in [5, 5.41) is 5.99. The number of imide groups is 1. The number of benzene rings is 2. The maximum Gasteiger partial charge on any atom is 0.261 e. The lowest BCUT2D eigenvalue weighted by atomic mass is 10.1. The maximum absolute atomic E-state index is 12.3. The molecule has 2 heterocycles. The van der Waals surface area contributed by atoms with Gasteiger partial charge in [0.2, 0.25) is 0 Å². The van der Waals surface area contributed by atoms with Crippen LogP contribution in [0, 0.1) is 0 Å². The van der Waals surface area contributed by atoms with Gasteiger partial charge in [-0.1, -0.05) is 30.3 Å². The Morgan fingerprint density at radius 3 is 2.24 bits per heavy atom. The van der Waals surface area contributed by atoms with E-state index in [-0.39, 0.29) is 11.8 Å². The molecule has 5 nitrogen and oxygen atoms in total. The predicted molar refractivity (Wildman–Crippen MR) is 97.4 cm³/mol. The molecule has 124 valence electrons. The Morgan fingerprint density at radius 1 is 0.920 bits per heavy atom. The first-order chi connectivity index (χ1) is 12.2. The second kappa shape index (κ2) is 6.49. The number of thiazole rings is 1. The lowest BCUT2D eigenvalue weighted by molar-refractivity contribution is 0.0656. The first-order valence-corrected chi connectivity index (χ1v) is 8.82. The summed E-state index contributed by atoms with van der Waals surface area (Å²) in [6.07, 6.45) is 0.540. The van der Waals surface area contributed by atoms with Gasteiger partial charge >= 0.3 is 0 Å². The van der Waals surface area contributed by atoms with Crippen LogP contribution in [0.15, 0.2) is 60.0 Å².